The van der Waals surface area contributed by atoms with Crippen molar-refractivity contribution in [2.75, 3.05) is 13.1 Å². The van der Waals surface area contributed by atoms with Crippen LogP contribution in [0, 0.1) is 17.3 Å². The van der Waals surface area contributed by atoms with Gasteiger partial charge in [0.1, 0.15) is 0 Å². The highest BCUT2D eigenvalue weighted by Crippen LogP contribution is 2.36. The van der Waals surface area contributed by atoms with E-state index < -0.39 is 0 Å². The highest BCUT2D eigenvalue weighted by Gasteiger charge is 2.31. The van der Waals surface area contributed by atoms with Gasteiger partial charge in [-0.3, -0.25) is 0 Å². The van der Waals surface area contributed by atoms with Crippen molar-refractivity contribution in [3.8, 4) is 0 Å². The zero-order valence-electron chi connectivity index (χ0n) is 10.8. The Balaban J connectivity index is 1.95. The Morgan fingerprint density at radius 2 is 2.00 bits per heavy atom. The van der Waals surface area contributed by atoms with Crippen molar-refractivity contribution in [3.05, 3.63) is 0 Å². The standard InChI is InChI=1S/C13H28N2/c1-10-7-11(10)9-15-6-5-12(14)8-13(2,3)4/h10-12,15H,5-9,14H2,1-4H3. The number of hydrogen-bond donors (Lipinski definition) is 2. The molecule has 0 aromatic carbocycles. The van der Waals surface area contributed by atoms with Gasteiger partial charge in [0.15, 0.2) is 0 Å². The number of nitrogens with two attached hydrogens (primary N) is 1. The fourth-order valence-corrected chi connectivity index (χ4v) is 2.15. The monoisotopic (exact) mass is 212 g/mol. The summed E-state index contributed by atoms with van der Waals surface area (Å²) in [6.07, 6.45) is 3.65. The summed E-state index contributed by atoms with van der Waals surface area (Å²) in [4.78, 5) is 0. The summed E-state index contributed by atoms with van der Waals surface area (Å²) in [5.41, 5.74) is 6.45. The van der Waals surface area contributed by atoms with Gasteiger partial charge in [0.05, 0.1) is 0 Å². The molecule has 90 valence electrons. The van der Waals surface area contributed by atoms with Crippen molar-refractivity contribution in [1.82, 2.24) is 5.32 Å². The first-order valence-corrected chi connectivity index (χ1v) is 6.35. The lowest BCUT2D eigenvalue weighted by Crippen LogP contribution is -2.31. The van der Waals surface area contributed by atoms with Gasteiger partial charge in [-0.1, -0.05) is 27.7 Å². The van der Waals surface area contributed by atoms with Crippen LogP contribution in [0.15, 0.2) is 0 Å². The second-order valence-electron chi connectivity index (χ2n) is 6.49. The Hall–Kier alpha value is -0.0800. The van der Waals surface area contributed by atoms with Gasteiger partial charge in [0.2, 0.25) is 0 Å². The molecule has 0 radical (unpaired) electrons. The average molecular weight is 212 g/mol. The van der Waals surface area contributed by atoms with Gasteiger partial charge in [-0.05, 0) is 49.6 Å². The molecule has 0 aliphatic heterocycles. The largest absolute Gasteiger partial charge is 0.328 e. The Morgan fingerprint density at radius 3 is 2.47 bits per heavy atom. The van der Waals surface area contributed by atoms with E-state index in [1.54, 1.807) is 0 Å². The molecular formula is C13H28N2. The molecule has 1 aliphatic rings. The van der Waals surface area contributed by atoms with E-state index in [2.05, 4.69) is 33.0 Å². The van der Waals surface area contributed by atoms with Crippen LogP contribution in [0.2, 0.25) is 0 Å². The Morgan fingerprint density at radius 1 is 1.40 bits per heavy atom. The second kappa shape index (κ2) is 5.31. The summed E-state index contributed by atoms with van der Waals surface area (Å²) >= 11 is 0. The fraction of sp³-hybridized carbons (Fsp3) is 1.00. The summed E-state index contributed by atoms with van der Waals surface area (Å²) < 4.78 is 0. The van der Waals surface area contributed by atoms with Crippen LogP contribution < -0.4 is 11.1 Å². The second-order valence-corrected chi connectivity index (χ2v) is 6.49. The van der Waals surface area contributed by atoms with E-state index in [0.29, 0.717) is 11.5 Å². The van der Waals surface area contributed by atoms with Gasteiger partial charge in [-0.15, -0.1) is 0 Å². The van der Waals surface area contributed by atoms with Crippen molar-refractivity contribution in [2.45, 2.75) is 53.0 Å². The number of nitrogens with one attached hydrogen (secondary N) is 1. The first-order valence-electron chi connectivity index (χ1n) is 6.35. The van der Waals surface area contributed by atoms with E-state index in [9.17, 15) is 0 Å². The van der Waals surface area contributed by atoms with Crippen LogP contribution >= 0.6 is 0 Å². The molecule has 0 bridgehead atoms. The molecule has 0 aromatic heterocycles. The lowest BCUT2D eigenvalue weighted by molar-refractivity contribution is 0.329. The third-order valence-electron chi connectivity index (χ3n) is 3.25. The predicted octanol–water partition coefficient (Wildman–Crippen LogP) is 2.39. The van der Waals surface area contributed by atoms with E-state index in [-0.39, 0.29) is 0 Å². The van der Waals surface area contributed by atoms with Crippen LogP contribution in [-0.2, 0) is 0 Å². The third kappa shape index (κ3) is 6.16. The van der Waals surface area contributed by atoms with Crippen LogP contribution in [0.5, 0.6) is 0 Å². The minimum atomic E-state index is 0.356. The molecule has 1 saturated carbocycles. The average Bonchev–Trinajstić information content (AvgIpc) is 2.73. The quantitative estimate of drug-likeness (QED) is 0.663. The lowest BCUT2D eigenvalue weighted by atomic mass is 9.87. The molecule has 3 unspecified atom stereocenters. The maximum absolute atomic E-state index is 6.08. The molecule has 1 aliphatic carbocycles. The van der Waals surface area contributed by atoms with Gasteiger partial charge < -0.3 is 11.1 Å². The first kappa shape index (κ1) is 13.0. The van der Waals surface area contributed by atoms with Crippen LogP contribution in [0.4, 0.5) is 0 Å². The number of rotatable bonds is 6. The zero-order chi connectivity index (χ0) is 11.5. The molecule has 0 aromatic rings. The minimum Gasteiger partial charge on any atom is -0.328 e. The van der Waals surface area contributed by atoms with Crippen LogP contribution in [-0.4, -0.2) is 19.1 Å². The molecule has 2 heteroatoms. The molecule has 15 heavy (non-hydrogen) atoms. The third-order valence-corrected chi connectivity index (χ3v) is 3.25. The summed E-state index contributed by atoms with van der Waals surface area (Å²) in [5.74, 6) is 1.91. The predicted molar refractivity (Wildman–Crippen MR) is 66.8 cm³/mol. The fourth-order valence-electron chi connectivity index (χ4n) is 2.15. The molecule has 1 rings (SSSR count). The van der Waals surface area contributed by atoms with Crippen molar-refractivity contribution < 1.29 is 0 Å². The number of hydrogen-bond acceptors (Lipinski definition) is 2. The van der Waals surface area contributed by atoms with Crippen LogP contribution in [0.1, 0.15) is 47.0 Å². The SMILES string of the molecule is CC1CC1CNCCC(N)CC(C)(C)C. The van der Waals surface area contributed by atoms with E-state index in [4.69, 9.17) is 5.73 Å². The zero-order valence-corrected chi connectivity index (χ0v) is 10.8. The molecule has 0 amide bonds. The van der Waals surface area contributed by atoms with Crippen molar-refractivity contribution in [2.24, 2.45) is 23.0 Å². The molecule has 3 atom stereocenters. The normalized spacial score (nSPS) is 27.8. The van der Waals surface area contributed by atoms with Gasteiger partial charge >= 0.3 is 0 Å². The molecular weight excluding hydrogens is 184 g/mol. The van der Waals surface area contributed by atoms with Crippen molar-refractivity contribution in [3.63, 3.8) is 0 Å². The van der Waals surface area contributed by atoms with Crippen LogP contribution in [0.3, 0.4) is 0 Å². The summed E-state index contributed by atoms with van der Waals surface area (Å²) in [6.45, 7) is 11.4. The molecule has 2 nitrogen and oxygen atoms in total. The van der Waals surface area contributed by atoms with E-state index in [0.717, 1.165) is 31.2 Å². The molecule has 3 N–H and O–H groups in total. The van der Waals surface area contributed by atoms with E-state index >= 15 is 0 Å². The lowest BCUT2D eigenvalue weighted by Gasteiger charge is -2.23. The Bertz CT molecular complexity index is 183. The van der Waals surface area contributed by atoms with Gasteiger partial charge in [0, 0.05) is 6.04 Å². The molecule has 0 spiro atoms. The van der Waals surface area contributed by atoms with E-state index in [1.807, 2.05) is 0 Å². The topological polar surface area (TPSA) is 38.0 Å². The van der Waals surface area contributed by atoms with Gasteiger partial charge in [0.25, 0.3) is 0 Å². The Labute approximate surface area is 95.0 Å². The smallest absolute Gasteiger partial charge is 0.00558 e. The highest BCUT2D eigenvalue weighted by molar-refractivity contribution is 4.84. The maximum Gasteiger partial charge on any atom is 0.00558 e. The summed E-state index contributed by atoms with van der Waals surface area (Å²) in [6, 6.07) is 0.356. The van der Waals surface area contributed by atoms with Gasteiger partial charge in [-0.2, -0.15) is 0 Å². The minimum absolute atomic E-state index is 0.356. The van der Waals surface area contributed by atoms with E-state index in [1.165, 1.54) is 13.0 Å². The molecule has 0 saturated heterocycles. The summed E-state index contributed by atoms with van der Waals surface area (Å²) in [7, 11) is 0. The summed E-state index contributed by atoms with van der Waals surface area (Å²) in [5, 5.41) is 3.51. The molecule has 0 heterocycles. The van der Waals surface area contributed by atoms with Crippen molar-refractivity contribution >= 4 is 0 Å². The van der Waals surface area contributed by atoms with Gasteiger partial charge in [-0.25, -0.2) is 0 Å². The Kier molecular flexibility index (Phi) is 4.60. The highest BCUT2D eigenvalue weighted by atomic mass is 14.9. The first-order chi connectivity index (χ1) is 6.88. The molecule has 1 fully saturated rings. The van der Waals surface area contributed by atoms with Crippen LogP contribution in [0.25, 0.3) is 0 Å². The maximum atomic E-state index is 6.08. The van der Waals surface area contributed by atoms with Crippen molar-refractivity contribution in [1.29, 1.82) is 0 Å².